The highest BCUT2D eigenvalue weighted by Crippen LogP contribution is 2.34. The lowest BCUT2D eigenvalue weighted by molar-refractivity contribution is 0.100. The van der Waals surface area contributed by atoms with E-state index < -0.39 is 5.91 Å². The number of hydrogen-bond donors (Lipinski definition) is 1. The number of rotatable bonds is 4. The molecule has 0 aliphatic rings. The van der Waals surface area contributed by atoms with Gasteiger partial charge in [-0.3, -0.25) is 4.79 Å². The molecular weight excluding hydrogens is 356 g/mol. The predicted octanol–water partition coefficient (Wildman–Crippen LogP) is 5.52. The summed E-state index contributed by atoms with van der Waals surface area (Å²) in [6.45, 7) is 4.92. The van der Waals surface area contributed by atoms with Gasteiger partial charge >= 0.3 is 0 Å². The molecule has 27 heavy (non-hydrogen) atoms. The summed E-state index contributed by atoms with van der Waals surface area (Å²) in [6.07, 6.45) is 0. The van der Waals surface area contributed by atoms with E-state index >= 15 is 0 Å². The minimum Gasteiger partial charge on any atom is -0.366 e. The van der Waals surface area contributed by atoms with Crippen LogP contribution in [0.3, 0.4) is 0 Å². The lowest BCUT2D eigenvalue weighted by Crippen LogP contribution is -2.11. The van der Waals surface area contributed by atoms with E-state index in [1.54, 1.807) is 6.07 Å². The van der Waals surface area contributed by atoms with Crippen molar-refractivity contribution in [3.63, 3.8) is 0 Å². The maximum absolute atomic E-state index is 12.0. The molecule has 135 valence electrons. The molecule has 0 atom stereocenters. The predicted molar refractivity (Wildman–Crippen MR) is 111 cm³/mol. The topological polar surface area (TPSA) is 48.0 Å². The molecule has 1 amide bonds. The van der Waals surface area contributed by atoms with Crippen LogP contribution >= 0.6 is 11.6 Å². The van der Waals surface area contributed by atoms with Gasteiger partial charge in [-0.05, 0) is 47.4 Å². The summed E-state index contributed by atoms with van der Waals surface area (Å²) in [6, 6.07) is 21.1. The van der Waals surface area contributed by atoms with Crippen LogP contribution in [0.25, 0.3) is 21.8 Å². The van der Waals surface area contributed by atoms with E-state index in [1.807, 2.05) is 42.5 Å². The van der Waals surface area contributed by atoms with E-state index in [-0.39, 0.29) is 0 Å². The lowest BCUT2D eigenvalue weighted by Gasteiger charge is -2.11. The Bertz CT molecular complexity index is 1170. The molecule has 4 rings (SSSR count). The van der Waals surface area contributed by atoms with Gasteiger partial charge in [0.25, 0.3) is 0 Å². The van der Waals surface area contributed by atoms with Crippen molar-refractivity contribution < 1.29 is 4.79 Å². The number of nitrogens with zero attached hydrogens (tertiary/aromatic N) is 1. The molecule has 3 aromatic carbocycles. The van der Waals surface area contributed by atoms with Crippen molar-refractivity contribution in [2.75, 3.05) is 0 Å². The Morgan fingerprint density at radius 3 is 2.63 bits per heavy atom. The van der Waals surface area contributed by atoms with Crippen molar-refractivity contribution in [3.8, 4) is 0 Å². The highest BCUT2D eigenvalue weighted by Gasteiger charge is 2.18. The molecule has 4 heteroatoms. The third-order valence-electron chi connectivity index (χ3n) is 5.04. The third-order valence-corrected chi connectivity index (χ3v) is 5.40. The molecule has 0 unspecified atom stereocenters. The number of fused-ring (bicyclic) bond motifs is 3. The molecule has 0 saturated carbocycles. The average Bonchev–Trinajstić information content (AvgIpc) is 2.96. The van der Waals surface area contributed by atoms with Crippen molar-refractivity contribution in [3.05, 3.63) is 82.4 Å². The van der Waals surface area contributed by atoms with Crippen molar-refractivity contribution in [1.82, 2.24) is 4.57 Å². The number of carbonyl (C=O) groups excluding carboxylic acids is 1. The Morgan fingerprint density at radius 2 is 1.93 bits per heavy atom. The van der Waals surface area contributed by atoms with Crippen LogP contribution in [0.4, 0.5) is 0 Å². The Labute approximate surface area is 163 Å². The number of halogens is 1. The summed E-state index contributed by atoms with van der Waals surface area (Å²) < 4.78 is 2.20. The molecule has 0 aliphatic heterocycles. The summed E-state index contributed by atoms with van der Waals surface area (Å²) in [4.78, 5) is 12.0. The zero-order chi connectivity index (χ0) is 19.1. The van der Waals surface area contributed by atoms with Crippen LogP contribution in [0.15, 0.2) is 54.6 Å². The van der Waals surface area contributed by atoms with Crippen LogP contribution in [-0.4, -0.2) is 10.5 Å². The highest BCUT2D eigenvalue weighted by molar-refractivity contribution is 6.31. The van der Waals surface area contributed by atoms with E-state index in [0.717, 1.165) is 32.4 Å². The molecule has 4 aromatic rings. The second-order valence-corrected chi connectivity index (χ2v) is 7.50. The fourth-order valence-electron chi connectivity index (χ4n) is 3.58. The number of nitrogens with two attached hydrogens (primary N) is 1. The van der Waals surface area contributed by atoms with Crippen molar-refractivity contribution in [2.45, 2.75) is 26.3 Å². The molecular formula is C23H20ClN2O. The summed E-state index contributed by atoms with van der Waals surface area (Å²) in [5.41, 5.74) is 10.4. The maximum Gasteiger partial charge on any atom is 0.249 e. The molecule has 0 bridgehead atoms. The van der Waals surface area contributed by atoms with E-state index in [4.69, 9.17) is 17.3 Å². The van der Waals surface area contributed by atoms with Gasteiger partial charge in [0.2, 0.25) is 5.91 Å². The van der Waals surface area contributed by atoms with Crippen LogP contribution in [0.2, 0.25) is 5.02 Å². The first kappa shape index (κ1) is 17.6. The quantitative estimate of drug-likeness (QED) is 0.501. The zero-order valence-corrected chi connectivity index (χ0v) is 16.0. The highest BCUT2D eigenvalue weighted by atomic mass is 35.5. The van der Waals surface area contributed by atoms with Crippen molar-refractivity contribution in [2.24, 2.45) is 5.73 Å². The molecule has 0 saturated heterocycles. The number of benzene rings is 3. The van der Waals surface area contributed by atoms with Gasteiger partial charge in [0.1, 0.15) is 0 Å². The van der Waals surface area contributed by atoms with Gasteiger partial charge in [-0.25, -0.2) is 0 Å². The van der Waals surface area contributed by atoms with E-state index in [2.05, 4.69) is 30.5 Å². The first-order chi connectivity index (χ1) is 13.0. The maximum atomic E-state index is 12.0. The van der Waals surface area contributed by atoms with Crippen LogP contribution in [-0.2, 0) is 6.54 Å². The van der Waals surface area contributed by atoms with Gasteiger partial charge in [0.05, 0.1) is 11.0 Å². The molecule has 1 heterocycles. The fourth-order valence-corrected chi connectivity index (χ4v) is 3.77. The largest absolute Gasteiger partial charge is 0.366 e. The standard InChI is InChI=1S/C23H20ClN2O/c1-14(2)15-10-11-17-21(12-15)26(13-16-6-3-4-8-19(16)24)20-9-5-7-18(22(17)20)23(25)27/h3-10,12,14H,13H2,1-2H3,(H2,25,27). The average molecular weight is 376 g/mol. The molecule has 0 spiro atoms. The van der Waals surface area contributed by atoms with Crippen LogP contribution in [0.1, 0.15) is 41.3 Å². The summed E-state index contributed by atoms with van der Waals surface area (Å²) in [5, 5.41) is 2.49. The third kappa shape index (κ3) is 2.98. The Morgan fingerprint density at radius 1 is 1.15 bits per heavy atom. The zero-order valence-electron chi connectivity index (χ0n) is 15.3. The lowest BCUT2D eigenvalue weighted by atomic mass is 10.00. The SMILES string of the molecule is CC(C)c1c[c]c2c3c(C(N)=O)cccc3n(Cc3ccccc3Cl)c2c1. The Balaban J connectivity index is 2.07. The van der Waals surface area contributed by atoms with Gasteiger partial charge in [0, 0.05) is 27.9 Å². The van der Waals surface area contributed by atoms with E-state index in [1.165, 1.54) is 5.56 Å². The number of primary amides is 1. The summed E-state index contributed by atoms with van der Waals surface area (Å²) >= 11 is 6.41. The van der Waals surface area contributed by atoms with Crippen molar-refractivity contribution >= 4 is 39.3 Å². The fraction of sp³-hybridized carbons (Fsp3) is 0.174. The van der Waals surface area contributed by atoms with Crippen molar-refractivity contribution in [1.29, 1.82) is 0 Å². The number of amides is 1. The second-order valence-electron chi connectivity index (χ2n) is 7.09. The monoisotopic (exact) mass is 375 g/mol. The molecule has 0 fully saturated rings. The van der Waals surface area contributed by atoms with Gasteiger partial charge < -0.3 is 10.3 Å². The number of carbonyl (C=O) groups is 1. The van der Waals surface area contributed by atoms with E-state index in [0.29, 0.717) is 18.0 Å². The Kier molecular flexibility index (Phi) is 4.40. The first-order valence-corrected chi connectivity index (χ1v) is 9.35. The minimum atomic E-state index is -0.432. The minimum absolute atomic E-state index is 0.382. The summed E-state index contributed by atoms with van der Waals surface area (Å²) in [7, 11) is 0. The van der Waals surface area contributed by atoms with Crippen LogP contribution in [0.5, 0.6) is 0 Å². The number of aromatic nitrogens is 1. The van der Waals surface area contributed by atoms with Gasteiger partial charge in [-0.2, -0.15) is 0 Å². The Hall–Kier alpha value is -2.78. The normalized spacial score (nSPS) is 11.6. The molecule has 3 nitrogen and oxygen atoms in total. The molecule has 0 aliphatic carbocycles. The molecule has 1 aromatic heterocycles. The number of hydrogen-bond acceptors (Lipinski definition) is 1. The van der Waals surface area contributed by atoms with E-state index in [9.17, 15) is 4.79 Å². The van der Waals surface area contributed by atoms with Crippen LogP contribution in [0, 0.1) is 6.07 Å². The molecule has 1 radical (unpaired) electrons. The van der Waals surface area contributed by atoms with Gasteiger partial charge in [-0.15, -0.1) is 0 Å². The molecule has 2 N–H and O–H groups in total. The first-order valence-electron chi connectivity index (χ1n) is 8.97. The van der Waals surface area contributed by atoms with Crippen LogP contribution < -0.4 is 5.73 Å². The smallest absolute Gasteiger partial charge is 0.249 e. The second kappa shape index (κ2) is 6.75. The van der Waals surface area contributed by atoms with Gasteiger partial charge in [0.15, 0.2) is 0 Å². The van der Waals surface area contributed by atoms with Gasteiger partial charge in [-0.1, -0.05) is 55.8 Å². The summed E-state index contributed by atoms with van der Waals surface area (Å²) in [5.74, 6) is -0.0493.